The minimum atomic E-state index is 0.519. The Kier molecular flexibility index (Phi) is 4.69. The average Bonchev–Trinajstić information content (AvgIpc) is 2.57. The summed E-state index contributed by atoms with van der Waals surface area (Å²) < 4.78 is 0. The van der Waals surface area contributed by atoms with Gasteiger partial charge in [0.25, 0.3) is 0 Å². The summed E-state index contributed by atoms with van der Waals surface area (Å²) in [6.45, 7) is 8.03. The lowest BCUT2D eigenvalue weighted by molar-refractivity contribution is 0.0978. The van der Waals surface area contributed by atoms with Crippen LogP contribution in [0, 0.1) is 0 Å². The van der Waals surface area contributed by atoms with Gasteiger partial charge in [-0.05, 0) is 18.1 Å². The molecule has 0 radical (unpaired) electrons. The van der Waals surface area contributed by atoms with E-state index in [2.05, 4.69) is 77.4 Å². The molecule has 1 aliphatic rings. The second kappa shape index (κ2) is 6.88. The molecule has 2 nitrogen and oxygen atoms in total. The Hall–Kier alpha value is -1.64. The van der Waals surface area contributed by atoms with Crippen molar-refractivity contribution >= 4 is 0 Å². The van der Waals surface area contributed by atoms with E-state index in [9.17, 15) is 0 Å². The molecule has 0 aromatic heterocycles. The highest BCUT2D eigenvalue weighted by molar-refractivity contribution is 5.18. The van der Waals surface area contributed by atoms with Gasteiger partial charge in [-0.15, -0.1) is 0 Å². The van der Waals surface area contributed by atoms with Crippen LogP contribution >= 0.6 is 0 Å². The molecule has 3 rings (SSSR count). The highest BCUT2D eigenvalue weighted by atomic mass is 15.3. The third-order valence-electron chi connectivity index (χ3n) is 4.49. The van der Waals surface area contributed by atoms with E-state index in [0.29, 0.717) is 6.04 Å². The van der Waals surface area contributed by atoms with Crippen LogP contribution in [0.25, 0.3) is 0 Å². The molecule has 0 aliphatic carbocycles. The average molecular weight is 280 g/mol. The van der Waals surface area contributed by atoms with Gasteiger partial charge in [0.15, 0.2) is 0 Å². The molecule has 110 valence electrons. The maximum atomic E-state index is 2.59. The van der Waals surface area contributed by atoms with Gasteiger partial charge in [-0.25, -0.2) is 0 Å². The Balaban J connectivity index is 1.53. The third-order valence-corrected chi connectivity index (χ3v) is 4.49. The minimum absolute atomic E-state index is 0.519. The van der Waals surface area contributed by atoms with Crippen LogP contribution < -0.4 is 0 Å². The zero-order valence-corrected chi connectivity index (χ0v) is 12.8. The standard InChI is InChI=1S/C19H24N2/c1-17(19-10-6-3-7-11-19)21-14-12-20(13-15-21)16-18-8-4-2-5-9-18/h2-11,17H,12-16H2,1H3/t17-/m0/s1. The van der Waals surface area contributed by atoms with Crippen LogP contribution in [0.3, 0.4) is 0 Å². The van der Waals surface area contributed by atoms with Crippen molar-refractivity contribution in [1.29, 1.82) is 0 Å². The zero-order valence-electron chi connectivity index (χ0n) is 12.8. The summed E-state index contributed by atoms with van der Waals surface area (Å²) in [7, 11) is 0. The molecule has 0 unspecified atom stereocenters. The van der Waals surface area contributed by atoms with Gasteiger partial charge >= 0.3 is 0 Å². The van der Waals surface area contributed by atoms with Gasteiger partial charge < -0.3 is 0 Å². The van der Waals surface area contributed by atoms with Crippen LogP contribution in [0.5, 0.6) is 0 Å². The number of rotatable bonds is 4. The third kappa shape index (κ3) is 3.72. The number of piperazine rings is 1. The lowest BCUT2D eigenvalue weighted by Gasteiger charge is -2.38. The second-order valence-corrected chi connectivity index (χ2v) is 5.88. The largest absolute Gasteiger partial charge is 0.297 e. The van der Waals surface area contributed by atoms with Crippen molar-refractivity contribution in [2.45, 2.75) is 19.5 Å². The van der Waals surface area contributed by atoms with Crippen LogP contribution in [0.1, 0.15) is 24.1 Å². The lowest BCUT2D eigenvalue weighted by atomic mass is 10.1. The fourth-order valence-electron chi connectivity index (χ4n) is 3.09. The summed E-state index contributed by atoms with van der Waals surface area (Å²) in [5.41, 5.74) is 2.84. The van der Waals surface area contributed by atoms with Gasteiger partial charge in [-0.1, -0.05) is 60.7 Å². The molecule has 1 fully saturated rings. The van der Waals surface area contributed by atoms with Gasteiger partial charge in [0, 0.05) is 38.8 Å². The summed E-state index contributed by atoms with van der Waals surface area (Å²) in [6, 6.07) is 22.1. The summed E-state index contributed by atoms with van der Waals surface area (Å²) in [4.78, 5) is 5.15. The fourth-order valence-corrected chi connectivity index (χ4v) is 3.09. The van der Waals surface area contributed by atoms with Crippen molar-refractivity contribution in [3.05, 3.63) is 71.8 Å². The van der Waals surface area contributed by atoms with Crippen molar-refractivity contribution in [3.63, 3.8) is 0 Å². The Morgan fingerprint density at radius 1 is 0.810 bits per heavy atom. The summed E-state index contributed by atoms with van der Waals surface area (Å²) in [5.74, 6) is 0. The van der Waals surface area contributed by atoms with E-state index in [0.717, 1.165) is 32.7 Å². The van der Waals surface area contributed by atoms with Crippen LogP contribution in [0.2, 0.25) is 0 Å². The molecule has 1 heterocycles. The Bertz CT molecular complexity index is 530. The number of benzene rings is 2. The van der Waals surface area contributed by atoms with E-state index in [1.54, 1.807) is 0 Å². The van der Waals surface area contributed by atoms with Crippen LogP contribution in [0.4, 0.5) is 0 Å². The molecule has 0 saturated carbocycles. The monoisotopic (exact) mass is 280 g/mol. The van der Waals surface area contributed by atoms with Crippen molar-refractivity contribution < 1.29 is 0 Å². The Morgan fingerprint density at radius 2 is 1.38 bits per heavy atom. The van der Waals surface area contributed by atoms with Gasteiger partial charge in [-0.3, -0.25) is 9.80 Å². The molecule has 2 aromatic carbocycles. The van der Waals surface area contributed by atoms with E-state index in [-0.39, 0.29) is 0 Å². The first-order valence-corrected chi connectivity index (χ1v) is 7.88. The lowest BCUT2D eigenvalue weighted by Crippen LogP contribution is -2.46. The number of hydrogen-bond donors (Lipinski definition) is 0. The molecule has 21 heavy (non-hydrogen) atoms. The van der Waals surface area contributed by atoms with Crippen LogP contribution in [0.15, 0.2) is 60.7 Å². The maximum Gasteiger partial charge on any atom is 0.0320 e. The summed E-state index contributed by atoms with van der Waals surface area (Å²) in [5, 5.41) is 0. The van der Waals surface area contributed by atoms with E-state index in [1.165, 1.54) is 11.1 Å². The molecule has 0 amide bonds. The first-order chi connectivity index (χ1) is 10.3. The smallest absolute Gasteiger partial charge is 0.0320 e. The predicted molar refractivity (Wildman–Crippen MR) is 88.1 cm³/mol. The first-order valence-electron chi connectivity index (χ1n) is 7.88. The molecular weight excluding hydrogens is 256 g/mol. The predicted octanol–water partition coefficient (Wildman–Crippen LogP) is 3.57. The SMILES string of the molecule is C[C@@H](c1ccccc1)N1CCN(Cc2ccccc2)CC1. The van der Waals surface area contributed by atoms with E-state index < -0.39 is 0 Å². The maximum absolute atomic E-state index is 2.59. The second-order valence-electron chi connectivity index (χ2n) is 5.88. The van der Waals surface area contributed by atoms with Crippen molar-refractivity contribution in [3.8, 4) is 0 Å². The van der Waals surface area contributed by atoms with E-state index in [4.69, 9.17) is 0 Å². The van der Waals surface area contributed by atoms with Gasteiger partial charge in [0.2, 0.25) is 0 Å². The normalized spacial score (nSPS) is 18.5. The fraction of sp³-hybridized carbons (Fsp3) is 0.368. The van der Waals surface area contributed by atoms with E-state index in [1.807, 2.05) is 0 Å². The zero-order chi connectivity index (χ0) is 14.5. The van der Waals surface area contributed by atoms with Crippen molar-refractivity contribution in [1.82, 2.24) is 9.80 Å². The number of hydrogen-bond acceptors (Lipinski definition) is 2. The van der Waals surface area contributed by atoms with Crippen LogP contribution in [-0.4, -0.2) is 36.0 Å². The van der Waals surface area contributed by atoms with Crippen molar-refractivity contribution in [2.24, 2.45) is 0 Å². The van der Waals surface area contributed by atoms with Gasteiger partial charge in [0.1, 0.15) is 0 Å². The summed E-state index contributed by atoms with van der Waals surface area (Å²) >= 11 is 0. The highest BCUT2D eigenvalue weighted by Crippen LogP contribution is 2.21. The Morgan fingerprint density at radius 3 is 2.00 bits per heavy atom. The minimum Gasteiger partial charge on any atom is -0.297 e. The van der Waals surface area contributed by atoms with Crippen LogP contribution in [-0.2, 0) is 6.54 Å². The van der Waals surface area contributed by atoms with Crippen molar-refractivity contribution in [2.75, 3.05) is 26.2 Å². The quantitative estimate of drug-likeness (QED) is 0.845. The van der Waals surface area contributed by atoms with E-state index >= 15 is 0 Å². The highest BCUT2D eigenvalue weighted by Gasteiger charge is 2.21. The molecule has 0 spiro atoms. The molecule has 1 saturated heterocycles. The van der Waals surface area contributed by atoms with Gasteiger partial charge in [0.05, 0.1) is 0 Å². The molecule has 0 bridgehead atoms. The first kappa shape index (κ1) is 14.3. The summed E-state index contributed by atoms with van der Waals surface area (Å²) in [6.07, 6.45) is 0. The van der Waals surface area contributed by atoms with Gasteiger partial charge in [-0.2, -0.15) is 0 Å². The molecule has 2 aromatic rings. The molecular formula is C19H24N2. The molecule has 2 heteroatoms. The Labute approximate surface area is 128 Å². The number of nitrogens with zero attached hydrogens (tertiary/aromatic N) is 2. The topological polar surface area (TPSA) is 6.48 Å². The molecule has 1 aliphatic heterocycles. The molecule has 0 N–H and O–H groups in total. The molecule has 1 atom stereocenters.